The van der Waals surface area contributed by atoms with Crippen molar-refractivity contribution in [1.82, 2.24) is 0 Å². The van der Waals surface area contributed by atoms with Crippen LogP contribution in [0.1, 0.15) is 31.2 Å². The van der Waals surface area contributed by atoms with E-state index in [-0.39, 0.29) is 5.79 Å². The zero-order valence-corrected chi connectivity index (χ0v) is 13.6. The van der Waals surface area contributed by atoms with Crippen LogP contribution in [0.25, 0.3) is 16.8 Å². The van der Waals surface area contributed by atoms with Crippen LogP contribution in [-0.2, 0) is 9.47 Å². The maximum absolute atomic E-state index is 10.6. The van der Waals surface area contributed by atoms with Crippen molar-refractivity contribution in [2.75, 3.05) is 13.2 Å². The number of aromatic hydroxyl groups is 1. The van der Waals surface area contributed by atoms with Crippen LogP contribution in [0.5, 0.6) is 5.75 Å². The van der Waals surface area contributed by atoms with Crippen molar-refractivity contribution in [2.24, 2.45) is 0 Å². The first kappa shape index (κ1) is 15.0. The van der Waals surface area contributed by atoms with Crippen LogP contribution < -0.4 is 0 Å². The summed E-state index contributed by atoms with van der Waals surface area (Å²) in [5.41, 5.74) is 2.09. The molecule has 3 nitrogen and oxygen atoms in total. The Bertz CT molecular complexity index is 764. The van der Waals surface area contributed by atoms with Crippen LogP contribution in [0.3, 0.4) is 0 Å². The number of ether oxygens (including phenoxy) is 2. The van der Waals surface area contributed by atoms with Gasteiger partial charge in [-0.15, -0.1) is 0 Å². The fourth-order valence-corrected chi connectivity index (χ4v) is 3.83. The largest absolute Gasteiger partial charge is 0.507 e. The fraction of sp³-hybridized carbons (Fsp3) is 0.368. The number of hydrogen-bond acceptors (Lipinski definition) is 3. The molecule has 1 aliphatic heterocycles. The third-order valence-corrected chi connectivity index (χ3v) is 5.14. The summed E-state index contributed by atoms with van der Waals surface area (Å²) in [5, 5.41) is 12.9. The molecule has 2 aliphatic rings. The third kappa shape index (κ3) is 2.74. The van der Waals surface area contributed by atoms with Crippen LogP contribution in [0, 0.1) is 0 Å². The molecule has 0 bridgehead atoms. The average Bonchev–Trinajstić information content (AvgIpc) is 3.03. The molecule has 1 heterocycles. The number of rotatable bonds is 1. The summed E-state index contributed by atoms with van der Waals surface area (Å²) >= 11 is 6.37. The second-order valence-corrected chi connectivity index (χ2v) is 6.66. The second kappa shape index (κ2) is 5.82. The molecule has 0 aromatic heterocycles. The Balaban J connectivity index is 1.64. The summed E-state index contributed by atoms with van der Waals surface area (Å²) < 4.78 is 11.5. The van der Waals surface area contributed by atoms with Gasteiger partial charge in [-0.05, 0) is 18.9 Å². The van der Waals surface area contributed by atoms with E-state index < -0.39 is 0 Å². The molecule has 0 amide bonds. The van der Waals surface area contributed by atoms with E-state index in [0.717, 1.165) is 42.0 Å². The van der Waals surface area contributed by atoms with Crippen molar-refractivity contribution in [3.63, 3.8) is 0 Å². The minimum atomic E-state index is -0.361. The molecule has 2 fully saturated rings. The predicted molar refractivity (Wildman–Crippen MR) is 91.7 cm³/mol. The topological polar surface area (TPSA) is 38.7 Å². The Morgan fingerprint density at radius 3 is 2.39 bits per heavy atom. The molecule has 1 aliphatic carbocycles. The molecule has 23 heavy (non-hydrogen) atoms. The number of halogens is 1. The molecule has 1 N–H and O–H groups in total. The van der Waals surface area contributed by atoms with Gasteiger partial charge in [0.1, 0.15) is 5.75 Å². The zero-order valence-electron chi connectivity index (χ0n) is 12.8. The monoisotopic (exact) mass is 330 g/mol. The third-order valence-electron chi connectivity index (χ3n) is 4.82. The van der Waals surface area contributed by atoms with E-state index in [4.69, 9.17) is 21.1 Å². The molecule has 1 spiro atoms. The highest BCUT2D eigenvalue weighted by atomic mass is 35.5. The molecule has 120 valence electrons. The second-order valence-electron chi connectivity index (χ2n) is 6.25. The van der Waals surface area contributed by atoms with Crippen LogP contribution in [0.15, 0.2) is 35.9 Å². The van der Waals surface area contributed by atoms with Gasteiger partial charge in [-0.2, -0.15) is 0 Å². The Morgan fingerprint density at radius 2 is 1.70 bits per heavy atom. The molecule has 1 saturated carbocycles. The molecule has 4 rings (SSSR count). The molecular weight excluding hydrogens is 312 g/mol. The van der Waals surface area contributed by atoms with Gasteiger partial charge in [0.2, 0.25) is 0 Å². The van der Waals surface area contributed by atoms with E-state index in [1.165, 1.54) is 5.57 Å². The number of benzene rings is 2. The number of fused-ring (bicyclic) bond motifs is 1. The highest BCUT2D eigenvalue weighted by Gasteiger charge is 2.38. The number of phenolic OH excluding ortho intramolecular Hbond substituents is 1. The Kier molecular flexibility index (Phi) is 3.80. The van der Waals surface area contributed by atoms with Gasteiger partial charge in [-0.1, -0.05) is 47.5 Å². The number of hydrogen-bond donors (Lipinski definition) is 1. The number of phenols is 1. The van der Waals surface area contributed by atoms with E-state index in [1.54, 1.807) is 0 Å². The lowest BCUT2D eigenvalue weighted by atomic mass is 9.88. The van der Waals surface area contributed by atoms with Crippen molar-refractivity contribution in [2.45, 2.75) is 31.5 Å². The number of allylic oxidation sites excluding steroid dienone is 1. The highest BCUT2D eigenvalue weighted by molar-refractivity contribution is 6.36. The Hall–Kier alpha value is -1.55. The predicted octanol–water partition coefficient (Wildman–Crippen LogP) is 4.90. The highest BCUT2D eigenvalue weighted by Crippen LogP contribution is 2.40. The van der Waals surface area contributed by atoms with Gasteiger partial charge in [0.05, 0.1) is 13.2 Å². The summed E-state index contributed by atoms with van der Waals surface area (Å²) in [6, 6.07) is 9.50. The van der Waals surface area contributed by atoms with Crippen molar-refractivity contribution in [3.05, 3.63) is 46.5 Å². The van der Waals surface area contributed by atoms with E-state index in [2.05, 4.69) is 6.08 Å². The van der Waals surface area contributed by atoms with E-state index in [9.17, 15) is 5.11 Å². The van der Waals surface area contributed by atoms with Gasteiger partial charge in [0.15, 0.2) is 5.79 Å². The van der Waals surface area contributed by atoms with Gasteiger partial charge in [-0.3, -0.25) is 0 Å². The standard InChI is InChI=1S/C19H19ClO3/c20-17-12-14(18(21)16-4-2-1-3-15(16)17)11-13-5-7-19(8-6-13)22-9-10-23-19/h1-4,11-12,21H,5-10H2. The minimum absolute atomic E-state index is 0.297. The summed E-state index contributed by atoms with van der Waals surface area (Å²) in [6.07, 6.45) is 5.66. The lowest BCUT2D eigenvalue weighted by Gasteiger charge is -2.32. The molecular formula is C19H19ClO3. The van der Waals surface area contributed by atoms with Crippen molar-refractivity contribution in [1.29, 1.82) is 0 Å². The summed E-state index contributed by atoms with van der Waals surface area (Å²) in [7, 11) is 0. The summed E-state index contributed by atoms with van der Waals surface area (Å²) in [5.74, 6) is -0.0633. The maximum atomic E-state index is 10.6. The molecule has 1 saturated heterocycles. The van der Waals surface area contributed by atoms with E-state index in [0.29, 0.717) is 24.0 Å². The lowest BCUT2D eigenvalue weighted by molar-refractivity contribution is -0.171. The summed E-state index contributed by atoms with van der Waals surface area (Å²) in [4.78, 5) is 0. The van der Waals surface area contributed by atoms with Crippen LogP contribution >= 0.6 is 11.6 Å². The first-order chi connectivity index (χ1) is 11.2. The van der Waals surface area contributed by atoms with Gasteiger partial charge in [0, 0.05) is 34.2 Å². The van der Waals surface area contributed by atoms with Gasteiger partial charge in [0.25, 0.3) is 0 Å². The average molecular weight is 331 g/mol. The molecule has 4 heteroatoms. The first-order valence-electron chi connectivity index (χ1n) is 8.04. The van der Waals surface area contributed by atoms with Gasteiger partial charge in [-0.25, -0.2) is 0 Å². The summed E-state index contributed by atoms with van der Waals surface area (Å²) in [6.45, 7) is 1.39. The van der Waals surface area contributed by atoms with Crippen molar-refractivity contribution >= 4 is 28.4 Å². The lowest BCUT2D eigenvalue weighted by Crippen LogP contribution is -2.33. The van der Waals surface area contributed by atoms with Crippen molar-refractivity contribution in [3.8, 4) is 5.75 Å². The maximum Gasteiger partial charge on any atom is 0.169 e. The minimum Gasteiger partial charge on any atom is -0.507 e. The Morgan fingerprint density at radius 1 is 1.04 bits per heavy atom. The van der Waals surface area contributed by atoms with Crippen LogP contribution in [0.2, 0.25) is 5.02 Å². The molecule has 0 radical (unpaired) electrons. The van der Waals surface area contributed by atoms with E-state index >= 15 is 0 Å². The Labute approximate surface area is 140 Å². The van der Waals surface area contributed by atoms with Crippen LogP contribution in [-0.4, -0.2) is 24.1 Å². The van der Waals surface area contributed by atoms with Gasteiger partial charge < -0.3 is 14.6 Å². The quantitative estimate of drug-likeness (QED) is 0.808. The molecule has 0 atom stereocenters. The van der Waals surface area contributed by atoms with Gasteiger partial charge >= 0.3 is 0 Å². The van der Waals surface area contributed by atoms with E-state index in [1.807, 2.05) is 30.3 Å². The molecule has 0 unspecified atom stereocenters. The smallest absolute Gasteiger partial charge is 0.169 e. The molecule has 2 aromatic carbocycles. The fourth-order valence-electron chi connectivity index (χ4n) is 3.55. The SMILES string of the molecule is Oc1c(C=C2CCC3(CC2)OCCO3)cc(Cl)c2ccccc12. The normalized spacial score (nSPS) is 20.3. The molecule has 2 aromatic rings. The van der Waals surface area contributed by atoms with Crippen molar-refractivity contribution < 1.29 is 14.6 Å². The zero-order chi connectivity index (χ0) is 15.9. The first-order valence-corrected chi connectivity index (χ1v) is 8.42. The van der Waals surface area contributed by atoms with Crippen LogP contribution in [0.4, 0.5) is 0 Å².